The summed E-state index contributed by atoms with van der Waals surface area (Å²) in [6, 6.07) is 6.29. The fraction of sp³-hybridized carbons (Fsp3) is 0.500. The van der Waals surface area contributed by atoms with Crippen molar-refractivity contribution in [1.82, 2.24) is 0 Å². The molecule has 0 aliphatic carbocycles. The van der Waals surface area contributed by atoms with E-state index in [2.05, 4.69) is 32.0 Å². The molecule has 1 aliphatic heterocycles. The standard InChI is InChI=1S/C12H17NO2/c1-8-3-4-9(2)11(5-8)12-14-6-10(13)7-15-12/h3-5,10,12H,6-7,13H2,1-2H3. The van der Waals surface area contributed by atoms with Crippen LogP contribution < -0.4 is 5.73 Å². The maximum atomic E-state index is 5.69. The van der Waals surface area contributed by atoms with Crippen LogP contribution in [0.5, 0.6) is 0 Å². The van der Waals surface area contributed by atoms with Crippen LogP contribution in [-0.2, 0) is 9.47 Å². The zero-order chi connectivity index (χ0) is 10.8. The van der Waals surface area contributed by atoms with Gasteiger partial charge in [0.1, 0.15) is 0 Å². The van der Waals surface area contributed by atoms with Crippen LogP contribution in [0.4, 0.5) is 0 Å². The predicted octanol–water partition coefficient (Wildman–Crippen LogP) is 1.68. The maximum Gasteiger partial charge on any atom is 0.184 e. The first-order valence-corrected chi connectivity index (χ1v) is 5.23. The third kappa shape index (κ3) is 2.37. The van der Waals surface area contributed by atoms with E-state index in [1.807, 2.05) is 0 Å². The molecule has 2 N–H and O–H groups in total. The zero-order valence-corrected chi connectivity index (χ0v) is 9.19. The lowest BCUT2D eigenvalue weighted by atomic mass is 10.0. The normalized spacial score (nSPS) is 26.6. The number of nitrogens with two attached hydrogens (primary N) is 1. The van der Waals surface area contributed by atoms with Crippen LogP contribution in [0, 0.1) is 13.8 Å². The highest BCUT2D eigenvalue weighted by molar-refractivity contribution is 5.31. The zero-order valence-electron chi connectivity index (χ0n) is 9.19. The van der Waals surface area contributed by atoms with Gasteiger partial charge in [-0.3, -0.25) is 0 Å². The summed E-state index contributed by atoms with van der Waals surface area (Å²) in [5.74, 6) is 0. The minimum Gasteiger partial charge on any atom is -0.347 e. The summed E-state index contributed by atoms with van der Waals surface area (Å²) in [4.78, 5) is 0. The average Bonchev–Trinajstić information content (AvgIpc) is 2.23. The lowest BCUT2D eigenvalue weighted by Crippen LogP contribution is -2.38. The molecule has 1 saturated heterocycles. The van der Waals surface area contributed by atoms with Crippen molar-refractivity contribution in [3.8, 4) is 0 Å². The fourth-order valence-electron chi connectivity index (χ4n) is 1.71. The van der Waals surface area contributed by atoms with Crippen LogP contribution >= 0.6 is 0 Å². The lowest BCUT2D eigenvalue weighted by Gasteiger charge is -2.28. The Hall–Kier alpha value is -0.900. The van der Waals surface area contributed by atoms with E-state index in [0.717, 1.165) is 5.56 Å². The third-order valence-electron chi connectivity index (χ3n) is 2.61. The van der Waals surface area contributed by atoms with Crippen LogP contribution in [0.25, 0.3) is 0 Å². The van der Waals surface area contributed by atoms with Crippen LogP contribution in [0.1, 0.15) is 23.0 Å². The molecule has 2 rings (SSSR count). The largest absolute Gasteiger partial charge is 0.347 e. The molecule has 3 heteroatoms. The van der Waals surface area contributed by atoms with E-state index < -0.39 is 0 Å². The molecule has 1 aromatic carbocycles. The molecule has 1 aliphatic rings. The Morgan fingerprint density at radius 3 is 2.53 bits per heavy atom. The quantitative estimate of drug-likeness (QED) is 0.762. The number of benzene rings is 1. The molecule has 3 nitrogen and oxygen atoms in total. The number of hydrogen-bond acceptors (Lipinski definition) is 3. The predicted molar refractivity (Wildman–Crippen MR) is 58.5 cm³/mol. The van der Waals surface area contributed by atoms with Crippen molar-refractivity contribution in [2.75, 3.05) is 13.2 Å². The second-order valence-corrected chi connectivity index (χ2v) is 4.12. The molecule has 1 fully saturated rings. The van der Waals surface area contributed by atoms with Crippen LogP contribution in [0.15, 0.2) is 18.2 Å². The first-order chi connectivity index (χ1) is 7.16. The van der Waals surface area contributed by atoms with Crippen LogP contribution in [-0.4, -0.2) is 19.3 Å². The molecule has 0 unspecified atom stereocenters. The Kier molecular flexibility index (Phi) is 3.05. The molecule has 1 aromatic rings. The Bertz CT molecular complexity index is 343. The molecule has 0 spiro atoms. The van der Waals surface area contributed by atoms with Gasteiger partial charge in [0, 0.05) is 5.56 Å². The van der Waals surface area contributed by atoms with Crippen molar-refractivity contribution in [3.63, 3.8) is 0 Å². The van der Waals surface area contributed by atoms with Crippen molar-refractivity contribution in [1.29, 1.82) is 0 Å². The van der Waals surface area contributed by atoms with Gasteiger partial charge in [-0.15, -0.1) is 0 Å². The maximum absolute atomic E-state index is 5.69. The van der Waals surface area contributed by atoms with E-state index in [1.54, 1.807) is 0 Å². The average molecular weight is 207 g/mol. The molecule has 0 atom stereocenters. The SMILES string of the molecule is Cc1ccc(C)c(C2OCC(N)CO2)c1. The molecular weight excluding hydrogens is 190 g/mol. The highest BCUT2D eigenvalue weighted by atomic mass is 16.7. The van der Waals surface area contributed by atoms with Gasteiger partial charge in [0.15, 0.2) is 6.29 Å². The van der Waals surface area contributed by atoms with Crippen LogP contribution in [0.3, 0.4) is 0 Å². The second kappa shape index (κ2) is 4.31. The Labute approximate surface area is 90.2 Å². The van der Waals surface area contributed by atoms with Gasteiger partial charge in [-0.05, 0) is 19.4 Å². The van der Waals surface area contributed by atoms with E-state index in [4.69, 9.17) is 15.2 Å². The van der Waals surface area contributed by atoms with Gasteiger partial charge in [-0.1, -0.05) is 23.8 Å². The van der Waals surface area contributed by atoms with E-state index in [1.165, 1.54) is 11.1 Å². The van der Waals surface area contributed by atoms with Gasteiger partial charge < -0.3 is 15.2 Å². The first kappa shape index (κ1) is 10.6. The molecule has 0 amide bonds. The van der Waals surface area contributed by atoms with Crippen molar-refractivity contribution in [2.24, 2.45) is 5.73 Å². The Morgan fingerprint density at radius 1 is 1.20 bits per heavy atom. The number of ether oxygens (including phenoxy) is 2. The molecule has 0 saturated carbocycles. The highest BCUT2D eigenvalue weighted by Gasteiger charge is 2.22. The van der Waals surface area contributed by atoms with Crippen molar-refractivity contribution in [3.05, 3.63) is 34.9 Å². The molecule has 0 bridgehead atoms. The molecule has 1 heterocycles. The third-order valence-corrected chi connectivity index (χ3v) is 2.61. The van der Waals surface area contributed by atoms with Crippen molar-refractivity contribution < 1.29 is 9.47 Å². The summed E-state index contributed by atoms with van der Waals surface area (Å²) >= 11 is 0. The molecule has 0 aromatic heterocycles. The van der Waals surface area contributed by atoms with Gasteiger partial charge in [0.05, 0.1) is 19.3 Å². The molecule has 0 radical (unpaired) electrons. The lowest BCUT2D eigenvalue weighted by molar-refractivity contribution is -0.190. The number of rotatable bonds is 1. The van der Waals surface area contributed by atoms with E-state index in [0.29, 0.717) is 13.2 Å². The molecule has 82 valence electrons. The van der Waals surface area contributed by atoms with Gasteiger partial charge in [0.2, 0.25) is 0 Å². The second-order valence-electron chi connectivity index (χ2n) is 4.12. The molecule has 15 heavy (non-hydrogen) atoms. The first-order valence-electron chi connectivity index (χ1n) is 5.23. The molecular formula is C12H17NO2. The smallest absolute Gasteiger partial charge is 0.184 e. The van der Waals surface area contributed by atoms with Gasteiger partial charge in [0.25, 0.3) is 0 Å². The highest BCUT2D eigenvalue weighted by Crippen LogP contribution is 2.26. The Morgan fingerprint density at radius 2 is 1.87 bits per heavy atom. The fourth-order valence-corrected chi connectivity index (χ4v) is 1.71. The summed E-state index contributed by atoms with van der Waals surface area (Å²) in [6.07, 6.45) is -0.246. The van der Waals surface area contributed by atoms with Gasteiger partial charge in [-0.2, -0.15) is 0 Å². The van der Waals surface area contributed by atoms with Gasteiger partial charge >= 0.3 is 0 Å². The van der Waals surface area contributed by atoms with E-state index >= 15 is 0 Å². The minimum absolute atomic E-state index is 0.00589. The summed E-state index contributed by atoms with van der Waals surface area (Å²) < 4.78 is 11.1. The number of aryl methyl sites for hydroxylation is 2. The number of hydrogen-bond donors (Lipinski definition) is 1. The summed E-state index contributed by atoms with van der Waals surface area (Å²) in [7, 11) is 0. The summed E-state index contributed by atoms with van der Waals surface area (Å²) in [6.45, 7) is 5.27. The van der Waals surface area contributed by atoms with E-state index in [9.17, 15) is 0 Å². The van der Waals surface area contributed by atoms with Crippen molar-refractivity contribution >= 4 is 0 Å². The minimum atomic E-state index is -0.246. The van der Waals surface area contributed by atoms with E-state index in [-0.39, 0.29) is 12.3 Å². The monoisotopic (exact) mass is 207 g/mol. The summed E-state index contributed by atoms with van der Waals surface area (Å²) in [5, 5.41) is 0. The van der Waals surface area contributed by atoms with Crippen LogP contribution in [0.2, 0.25) is 0 Å². The van der Waals surface area contributed by atoms with Crippen molar-refractivity contribution in [2.45, 2.75) is 26.2 Å². The Balaban J connectivity index is 2.18. The topological polar surface area (TPSA) is 44.5 Å². The van der Waals surface area contributed by atoms with Gasteiger partial charge in [-0.25, -0.2) is 0 Å². The summed E-state index contributed by atoms with van der Waals surface area (Å²) in [5.41, 5.74) is 9.22.